The molecule has 0 radical (unpaired) electrons. The molecule has 0 saturated carbocycles. The Morgan fingerprint density at radius 2 is 1.86 bits per heavy atom. The Hall–Kier alpha value is -0.910. The number of sulfonamides is 1. The van der Waals surface area contributed by atoms with E-state index in [1.54, 1.807) is 4.72 Å². The highest BCUT2D eigenvalue weighted by Crippen LogP contribution is 2.30. The molecule has 1 aromatic carbocycles. The second-order valence-electron chi connectivity index (χ2n) is 3.79. The van der Waals surface area contributed by atoms with Gasteiger partial charge in [0, 0.05) is 12.0 Å². The van der Waals surface area contributed by atoms with Crippen molar-refractivity contribution in [1.82, 2.24) is 4.72 Å². The van der Waals surface area contributed by atoms with Crippen LogP contribution in [0.15, 0.2) is 17.0 Å². The summed E-state index contributed by atoms with van der Waals surface area (Å²) in [6, 6.07) is 2.52. The molecular formula is C12H11Cl2F2NO3S. The first-order chi connectivity index (χ1) is 9.77. The molecule has 0 atom stereocenters. The number of nitrogens with one attached hydrogen (secondary N) is 1. The van der Waals surface area contributed by atoms with E-state index in [0.29, 0.717) is 5.56 Å². The molecule has 2 N–H and O–H groups in total. The molecular weight excluding hydrogens is 347 g/mol. The fourth-order valence-corrected chi connectivity index (χ4v) is 3.57. The fraction of sp³-hybridized carbons (Fsp3) is 0.333. The molecule has 0 aliphatic heterocycles. The monoisotopic (exact) mass is 357 g/mol. The van der Waals surface area contributed by atoms with Crippen molar-refractivity contribution in [3.8, 4) is 11.8 Å². The fourth-order valence-electron chi connectivity index (χ4n) is 1.35. The molecule has 116 valence electrons. The van der Waals surface area contributed by atoms with Crippen LogP contribution >= 0.6 is 23.2 Å². The second-order valence-corrected chi connectivity index (χ2v) is 6.31. The predicted octanol–water partition coefficient (Wildman–Crippen LogP) is 2.27. The number of benzene rings is 1. The van der Waals surface area contributed by atoms with Crippen molar-refractivity contribution in [2.24, 2.45) is 0 Å². The van der Waals surface area contributed by atoms with Gasteiger partial charge in [-0.3, -0.25) is 0 Å². The van der Waals surface area contributed by atoms with Crippen molar-refractivity contribution < 1.29 is 22.3 Å². The summed E-state index contributed by atoms with van der Waals surface area (Å²) in [4.78, 5) is -0.473. The van der Waals surface area contributed by atoms with Gasteiger partial charge in [-0.15, -0.1) is 0 Å². The lowest BCUT2D eigenvalue weighted by Gasteiger charge is -2.10. The number of hydrogen-bond donors (Lipinski definition) is 2. The summed E-state index contributed by atoms with van der Waals surface area (Å²) in [5.41, 5.74) is 0.353. The van der Waals surface area contributed by atoms with Crippen molar-refractivity contribution in [3.05, 3.63) is 27.7 Å². The third kappa shape index (κ3) is 5.41. The minimum Gasteiger partial charge on any atom is -0.395 e. The Morgan fingerprint density at radius 3 is 2.33 bits per heavy atom. The van der Waals surface area contributed by atoms with Gasteiger partial charge in [0.25, 0.3) is 6.43 Å². The maximum absolute atomic E-state index is 12.1. The summed E-state index contributed by atoms with van der Waals surface area (Å²) in [6.07, 6.45) is -2.59. The Morgan fingerprint density at radius 1 is 1.29 bits per heavy atom. The normalized spacial score (nSPS) is 11.3. The Kier molecular flexibility index (Phi) is 6.84. The first-order valence-electron chi connectivity index (χ1n) is 5.64. The van der Waals surface area contributed by atoms with Crippen LogP contribution in [0.5, 0.6) is 0 Å². The first kappa shape index (κ1) is 18.1. The van der Waals surface area contributed by atoms with Crippen LogP contribution in [-0.4, -0.2) is 33.1 Å². The quantitative estimate of drug-likeness (QED) is 0.794. The molecule has 0 fully saturated rings. The maximum atomic E-state index is 12.1. The van der Waals surface area contributed by atoms with E-state index in [-0.39, 0.29) is 23.1 Å². The molecule has 4 nitrogen and oxygen atoms in total. The number of alkyl halides is 2. The lowest BCUT2D eigenvalue weighted by molar-refractivity contribution is 0.153. The van der Waals surface area contributed by atoms with Gasteiger partial charge in [0.05, 0.1) is 23.2 Å². The minimum atomic E-state index is -4.24. The zero-order chi connectivity index (χ0) is 16.0. The molecule has 0 heterocycles. The molecule has 0 aliphatic rings. The summed E-state index contributed by atoms with van der Waals surface area (Å²) in [5.74, 6) is 5.26. The van der Waals surface area contributed by atoms with Crippen molar-refractivity contribution in [2.75, 3.05) is 13.2 Å². The average molecular weight is 358 g/mol. The third-order valence-electron chi connectivity index (χ3n) is 2.16. The van der Waals surface area contributed by atoms with E-state index >= 15 is 0 Å². The molecule has 0 bridgehead atoms. The van der Waals surface area contributed by atoms with Crippen LogP contribution in [0, 0.1) is 11.8 Å². The van der Waals surface area contributed by atoms with Gasteiger partial charge < -0.3 is 5.11 Å². The second kappa shape index (κ2) is 7.92. The number of hydrogen-bond acceptors (Lipinski definition) is 3. The SMILES string of the molecule is O=S(=O)(NCC(F)F)c1c(Cl)cc(C#CCCO)cc1Cl. The summed E-state index contributed by atoms with van der Waals surface area (Å²) in [5, 5.41) is 8.16. The highest BCUT2D eigenvalue weighted by Gasteiger charge is 2.23. The van der Waals surface area contributed by atoms with Gasteiger partial charge in [0.2, 0.25) is 10.0 Å². The van der Waals surface area contributed by atoms with E-state index in [1.807, 2.05) is 0 Å². The summed E-state index contributed by atoms with van der Waals surface area (Å²) in [6.45, 7) is -1.15. The average Bonchev–Trinajstić information content (AvgIpc) is 2.36. The highest BCUT2D eigenvalue weighted by atomic mass is 35.5. The Bertz CT molecular complexity index is 646. The molecule has 0 aliphatic carbocycles. The van der Waals surface area contributed by atoms with Gasteiger partial charge >= 0.3 is 0 Å². The molecule has 0 aromatic heterocycles. The molecule has 0 saturated heterocycles. The number of halogens is 4. The highest BCUT2D eigenvalue weighted by molar-refractivity contribution is 7.89. The van der Waals surface area contributed by atoms with Crippen LogP contribution in [0.1, 0.15) is 12.0 Å². The largest absolute Gasteiger partial charge is 0.395 e. The van der Waals surface area contributed by atoms with Gasteiger partial charge in [0.1, 0.15) is 4.90 Å². The molecule has 21 heavy (non-hydrogen) atoms. The van der Waals surface area contributed by atoms with Crippen LogP contribution in [0.4, 0.5) is 8.78 Å². The molecule has 0 amide bonds. The summed E-state index contributed by atoms with van der Waals surface area (Å²) in [7, 11) is -4.24. The van der Waals surface area contributed by atoms with Crippen LogP contribution in [0.3, 0.4) is 0 Å². The summed E-state index contributed by atoms with van der Waals surface area (Å²) >= 11 is 11.7. The number of rotatable bonds is 5. The Labute approximate surface area is 131 Å². The summed E-state index contributed by atoms with van der Waals surface area (Å²) < 4.78 is 49.6. The van der Waals surface area contributed by atoms with Gasteiger partial charge in [0.15, 0.2) is 0 Å². The van der Waals surface area contributed by atoms with Gasteiger partial charge in [-0.25, -0.2) is 21.9 Å². The van der Waals surface area contributed by atoms with Crippen molar-refractivity contribution >= 4 is 33.2 Å². The molecule has 0 spiro atoms. The van der Waals surface area contributed by atoms with E-state index in [9.17, 15) is 17.2 Å². The lowest BCUT2D eigenvalue weighted by atomic mass is 10.2. The zero-order valence-corrected chi connectivity index (χ0v) is 12.9. The van der Waals surface area contributed by atoms with Crippen molar-refractivity contribution in [2.45, 2.75) is 17.7 Å². The lowest BCUT2D eigenvalue weighted by Crippen LogP contribution is -2.29. The Balaban J connectivity index is 3.14. The van der Waals surface area contributed by atoms with Crippen LogP contribution in [0.2, 0.25) is 10.0 Å². The predicted molar refractivity (Wildman–Crippen MR) is 76.2 cm³/mol. The van der Waals surface area contributed by atoms with E-state index in [2.05, 4.69) is 11.8 Å². The molecule has 1 aromatic rings. The van der Waals surface area contributed by atoms with E-state index in [0.717, 1.165) is 0 Å². The van der Waals surface area contributed by atoms with Gasteiger partial charge in [-0.2, -0.15) is 0 Å². The van der Waals surface area contributed by atoms with E-state index in [4.69, 9.17) is 28.3 Å². The molecule has 9 heteroatoms. The smallest absolute Gasteiger partial charge is 0.251 e. The van der Waals surface area contributed by atoms with Crippen molar-refractivity contribution in [3.63, 3.8) is 0 Å². The topological polar surface area (TPSA) is 66.4 Å². The van der Waals surface area contributed by atoms with Crippen LogP contribution in [0.25, 0.3) is 0 Å². The number of aliphatic hydroxyl groups excluding tert-OH is 1. The third-order valence-corrected chi connectivity index (χ3v) is 4.51. The van der Waals surface area contributed by atoms with E-state index < -0.39 is 27.9 Å². The van der Waals surface area contributed by atoms with E-state index in [1.165, 1.54) is 12.1 Å². The first-order valence-corrected chi connectivity index (χ1v) is 7.88. The molecule has 0 unspecified atom stereocenters. The van der Waals surface area contributed by atoms with Crippen LogP contribution in [-0.2, 0) is 10.0 Å². The molecule has 1 rings (SSSR count). The zero-order valence-electron chi connectivity index (χ0n) is 10.5. The van der Waals surface area contributed by atoms with Gasteiger partial charge in [-0.1, -0.05) is 35.0 Å². The van der Waals surface area contributed by atoms with Crippen LogP contribution < -0.4 is 4.72 Å². The maximum Gasteiger partial charge on any atom is 0.251 e. The minimum absolute atomic E-state index is 0.113. The van der Waals surface area contributed by atoms with Gasteiger partial charge in [-0.05, 0) is 12.1 Å². The van der Waals surface area contributed by atoms with Crippen molar-refractivity contribution in [1.29, 1.82) is 0 Å². The standard InChI is InChI=1S/C12H11Cl2F2NO3S/c13-9-5-8(3-1-2-4-18)6-10(14)12(9)21(19,20)17-7-11(15)16/h5-6,11,17-18H,2,4,7H2. The number of aliphatic hydroxyl groups is 1.